The molecule has 0 saturated carbocycles. The van der Waals surface area contributed by atoms with Crippen LogP contribution in [0.5, 0.6) is 0 Å². The van der Waals surface area contributed by atoms with E-state index in [0.29, 0.717) is 17.8 Å². The molecule has 0 radical (unpaired) electrons. The third-order valence-corrected chi connectivity index (χ3v) is 3.36. The number of hydrogen-bond donors (Lipinski definition) is 2. The minimum Gasteiger partial charge on any atom is -0.480 e. The second-order valence-electron chi connectivity index (χ2n) is 6.69. The van der Waals surface area contributed by atoms with Crippen LogP contribution in [0, 0.1) is 5.41 Å². The van der Waals surface area contributed by atoms with E-state index >= 15 is 0 Å². The van der Waals surface area contributed by atoms with Crippen molar-refractivity contribution in [3.8, 4) is 11.4 Å². The lowest BCUT2D eigenvalue weighted by atomic mass is 9.76. The van der Waals surface area contributed by atoms with Crippen LogP contribution in [-0.4, -0.2) is 31.3 Å². The molecule has 2 rings (SSSR count). The molecule has 0 amide bonds. The van der Waals surface area contributed by atoms with E-state index in [4.69, 9.17) is 5.73 Å². The van der Waals surface area contributed by atoms with Gasteiger partial charge in [0.1, 0.15) is 5.54 Å². The highest BCUT2D eigenvalue weighted by Gasteiger charge is 2.39. The third kappa shape index (κ3) is 3.30. The van der Waals surface area contributed by atoms with Crippen molar-refractivity contribution in [3.05, 3.63) is 29.8 Å². The molecule has 1 atom stereocenters. The average molecular weight is 303 g/mol. The third-order valence-electron chi connectivity index (χ3n) is 3.36. The lowest BCUT2D eigenvalue weighted by Gasteiger charge is -2.32. The average Bonchev–Trinajstić information content (AvgIpc) is 2.83. The molecule has 7 nitrogen and oxygen atoms in total. The first kappa shape index (κ1) is 16.1. The fourth-order valence-corrected chi connectivity index (χ4v) is 2.45. The molecule has 7 heteroatoms. The van der Waals surface area contributed by atoms with Crippen LogP contribution in [0.2, 0.25) is 0 Å². The van der Waals surface area contributed by atoms with Crippen molar-refractivity contribution >= 4 is 5.97 Å². The van der Waals surface area contributed by atoms with E-state index in [0.717, 1.165) is 5.56 Å². The number of rotatable bonds is 4. The number of nitrogens with zero attached hydrogens (tertiary/aromatic N) is 4. The first-order valence-corrected chi connectivity index (χ1v) is 6.99. The smallest absolute Gasteiger partial charge is 0.328 e. The molecule has 118 valence electrons. The van der Waals surface area contributed by atoms with E-state index < -0.39 is 11.5 Å². The number of aliphatic carboxylic acids is 1. The van der Waals surface area contributed by atoms with Crippen LogP contribution < -0.4 is 5.73 Å². The zero-order chi connectivity index (χ0) is 16.5. The molecule has 0 bridgehead atoms. The molecule has 3 N–H and O–H groups in total. The highest BCUT2D eigenvalue weighted by Crippen LogP contribution is 2.33. The van der Waals surface area contributed by atoms with Gasteiger partial charge in [0.2, 0.25) is 5.82 Å². The number of aromatic nitrogens is 4. The molecule has 0 saturated heterocycles. The van der Waals surface area contributed by atoms with Crippen molar-refractivity contribution in [3.63, 3.8) is 0 Å². The van der Waals surface area contributed by atoms with Gasteiger partial charge in [-0.3, -0.25) is 0 Å². The normalized spacial score (nSPS) is 14.6. The Morgan fingerprint density at radius 3 is 2.27 bits per heavy atom. The van der Waals surface area contributed by atoms with Gasteiger partial charge < -0.3 is 10.8 Å². The quantitative estimate of drug-likeness (QED) is 0.887. The van der Waals surface area contributed by atoms with Gasteiger partial charge >= 0.3 is 5.97 Å². The summed E-state index contributed by atoms with van der Waals surface area (Å²) in [6.45, 7) is 5.90. The van der Waals surface area contributed by atoms with Crippen molar-refractivity contribution in [2.24, 2.45) is 18.2 Å². The first-order valence-electron chi connectivity index (χ1n) is 6.99. The number of carbonyl (C=O) groups is 1. The van der Waals surface area contributed by atoms with E-state index in [1.807, 2.05) is 20.8 Å². The summed E-state index contributed by atoms with van der Waals surface area (Å²) in [7, 11) is 1.68. The van der Waals surface area contributed by atoms with Crippen LogP contribution in [-0.2, 0) is 17.4 Å². The van der Waals surface area contributed by atoms with Gasteiger partial charge in [0, 0.05) is 5.56 Å². The predicted molar refractivity (Wildman–Crippen MR) is 81.8 cm³/mol. The number of tetrazole rings is 1. The van der Waals surface area contributed by atoms with Gasteiger partial charge in [-0.15, -0.1) is 10.2 Å². The molecule has 2 aromatic rings. The largest absolute Gasteiger partial charge is 0.480 e. The summed E-state index contributed by atoms with van der Waals surface area (Å²) in [5.41, 5.74) is 5.88. The summed E-state index contributed by atoms with van der Waals surface area (Å²) in [4.78, 5) is 13.1. The number of carboxylic acid groups (broad SMARTS) is 1. The molecule has 0 aliphatic heterocycles. The highest BCUT2D eigenvalue weighted by molar-refractivity contribution is 5.80. The summed E-state index contributed by atoms with van der Waals surface area (Å²) in [6.07, 6.45) is 0.331. The minimum atomic E-state index is -1.42. The summed E-state index contributed by atoms with van der Waals surface area (Å²) in [5.74, 6) is -0.546. The predicted octanol–water partition coefficient (Wildman–Crippen LogP) is 1.55. The lowest BCUT2D eigenvalue weighted by Crippen LogP contribution is -2.47. The number of aryl methyl sites for hydroxylation is 1. The summed E-state index contributed by atoms with van der Waals surface area (Å²) in [6, 6.07) is 6.95. The van der Waals surface area contributed by atoms with E-state index in [9.17, 15) is 9.90 Å². The summed E-state index contributed by atoms with van der Waals surface area (Å²) in [5, 5.41) is 21.4. The van der Waals surface area contributed by atoms with Crippen molar-refractivity contribution in [1.82, 2.24) is 20.2 Å². The minimum absolute atomic E-state index is 0.210. The molecular weight excluding hydrogens is 282 g/mol. The summed E-state index contributed by atoms with van der Waals surface area (Å²) >= 11 is 0. The Morgan fingerprint density at radius 2 is 1.86 bits per heavy atom. The SMILES string of the molecule is Cn1nnc(-c2ccc([C@](N)(CC(C)(C)C)C(=O)O)cc2)n1. The van der Waals surface area contributed by atoms with Gasteiger partial charge in [-0.1, -0.05) is 45.0 Å². The van der Waals surface area contributed by atoms with Crippen LogP contribution in [0.4, 0.5) is 0 Å². The van der Waals surface area contributed by atoms with E-state index in [-0.39, 0.29) is 5.41 Å². The number of hydrogen-bond acceptors (Lipinski definition) is 5. The molecule has 0 aliphatic carbocycles. The van der Waals surface area contributed by atoms with E-state index in [1.165, 1.54) is 4.80 Å². The fraction of sp³-hybridized carbons (Fsp3) is 0.467. The van der Waals surface area contributed by atoms with Crippen LogP contribution in [0.1, 0.15) is 32.8 Å². The van der Waals surface area contributed by atoms with Crippen molar-refractivity contribution < 1.29 is 9.90 Å². The molecule has 1 aromatic heterocycles. The molecule has 1 aromatic carbocycles. The van der Waals surface area contributed by atoms with Gasteiger partial charge in [0.25, 0.3) is 0 Å². The standard InChI is InChI=1S/C15H21N5O2/c1-14(2,3)9-15(16,13(21)22)11-7-5-10(6-8-11)12-17-19-20(4)18-12/h5-8H,9,16H2,1-4H3,(H,21,22)/t15-/m1/s1. The Kier molecular flexibility index (Phi) is 4.02. The van der Waals surface area contributed by atoms with Gasteiger partial charge in [0.15, 0.2) is 0 Å². The zero-order valence-corrected chi connectivity index (χ0v) is 13.2. The van der Waals surface area contributed by atoms with Crippen LogP contribution in [0.25, 0.3) is 11.4 Å². The topological polar surface area (TPSA) is 107 Å². The molecule has 0 aliphatic rings. The number of benzene rings is 1. The van der Waals surface area contributed by atoms with E-state index in [2.05, 4.69) is 15.4 Å². The van der Waals surface area contributed by atoms with Crippen molar-refractivity contribution in [1.29, 1.82) is 0 Å². The van der Waals surface area contributed by atoms with Gasteiger partial charge in [-0.2, -0.15) is 4.80 Å². The molecular formula is C15H21N5O2. The molecule has 0 fully saturated rings. The van der Waals surface area contributed by atoms with Gasteiger partial charge in [-0.25, -0.2) is 4.79 Å². The lowest BCUT2D eigenvalue weighted by molar-refractivity contribution is -0.145. The Hall–Kier alpha value is -2.28. The maximum Gasteiger partial charge on any atom is 0.328 e. The van der Waals surface area contributed by atoms with Gasteiger partial charge in [0.05, 0.1) is 7.05 Å². The molecule has 1 heterocycles. The van der Waals surface area contributed by atoms with Crippen molar-refractivity contribution in [2.75, 3.05) is 0 Å². The Bertz CT molecular complexity index is 672. The molecule has 0 spiro atoms. The van der Waals surface area contributed by atoms with Crippen LogP contribution in [0.15, 0.2) is 24.3 Å². The number of carboxylic acids is 1. The van der Waals surface area contributed by atoms with E-state index in [1.54, 1.807) is 31.3 Å². The van der Waals surface area contributed by atoms with Crippen molar-refractivity contribution in [2.45, 2.75) is 32.7 Å². The monoisotopic (exact) mass is 303 g/mol. The molecule has 0 unspecified atom stereocenters. The second kappa shape index (κ2) is 5.49. The fourth-order valence-electron chi connectivity index (χ4n) is 2.45. The van der Waals surface area contributed by atoms with Crippen LogP contribution in [0.3, 0.4) is 0 Å². The first-order chi connectivity index (χ1) is 10.1. The Morgan fingerprint density at radius 1 is 1.27 bits per heavy atom. The Balaban J connectivity index is 2.36. The maximum absolute atomic E-state index is 11.7. The molecule has 22 heavy (non-hydrogen) atoms. The maximum atomic E-state index is 11.7. The zero-order valence-electron chi connectivity index (χ0n) is 13.2. The van der Waals surface area contributed by atoms with Gasteiger partial charge in [-0.05, 0) is 22.6 Å². The summed E-state index contributed by atoms with van der Waals surface area (Å²) < 4.78 is 0. The Labute approximate surface area is 129 Å². The highest BCUT2D eigenvalue weighted by atomic mass is 16.4. The van der Waals surface area contributed by atoms with Crippen LogP contribution >= 0.6 is 0 Å². The second-order valence-corrected chi connectivity index (χ2v) is 6.69. The number of nitrogens with two attached hydrogens (primary N) is 1.